The lowest BCUT2D eigenvalue weighted by Crippen LogP contribution is -2.00. The smallest absolute Gasteiger partial charge is 0.211 e. The lowest BCUT2D eigenvalue weighted by molar-refractivity contribution is 0.565. The first-order chi connectivity index (χ1) is 8.38. The van der Waals surface area contributed by atoms with Crippen molar-refractivity contribution < 1.29 is 4.79 Å². The first-order valence-corrected chi connectivity index (χ1v) is 6.64. The van der Waals surface area contributed by atoms with Gasteiger partial charge in [-0.15, -0.1) is 0 Å². The van der Waals surface area contributed by atoms with Crippen molar-refractivity contribution in [1.82, 2.24) is 0 Å². The Morgan fingerprint density at radius 1 is 0.889 bits per heavy atom. The maximum Gasteiger partial charge on any atom is 0.240 e. The summed E-state index contributed by atoms with van der Waals surface area (Å²) >= 11 is 0. The van der Waals surface area contributed by atoms with Crippen molar-refractivity contribution in [2.75, 3.05) is 0 Å². The van der Waals surface area contributed by atoms with Crippen molar-refractivity contribution in [3.05, 3.63) is 28.8 Å². The van der Waals surface area contributed by atoms with Crippen LogP contribution in [0.2, 0.25) is 0 Å². The van der Waals surface area contributed by atoms with Crippen LogP contribution in [0.5, 0.6) is 0 Å². The zero-order valence-corrected chi connectivity index (χ0v) is 12.2. The van der Waals surface area contributed by atoms with Crippen molar-refractivity contribution >= 4 is 11.8 Å². The van der Waals surface area contributed by atoms with Crippen molar-refractivity contribution in [2.45, 2.75) is 59.3 Å². The highest BCUT2D eigenvalue weighted by molar-refractivity contribution is 5.62. The Hall–Kier alpha value is -1.40. The minimum absolute atomic E-state index is 0.355. The molecular formula is C16H23NO. The summed E-state index contributed by atoms with van der Waals surface area (Å²) < 4.78 is 0. The van der Waals surface area contributed by atoms with Gasteiger partial charge in [-0.2, -0.15) is 4.99 Å². The van der Waals surface area contributed by atoms with E-state index >= 15 is 0 Å². The lowest BCUT2D eigenvalue weighted by atomic mass is 9.87. The van der Waals surface area contributed by atoms with Gasteiger partial charge in [-0.05, 0) is 34.4 Å². The molecule has 1 aromatic rings. The predicted octanol–water partition coefficient (Wildman–Crippen LogP) is 5.02. The first kappa shape index (κ1) is 14.7. The maximum atomic E-state index is 10.7. The van der Waals surface area contributed by atoms with Crippen LogP contribution in [0.25, 0.3) is 0 Å². The van der Waals surface area contributed by atoms with Gasteiger partial charge in [0.05, 0.1) is 5.69 Å². The molecule has 0 radical (unpaired) electrons. The Balaban J connectivity index is 3.59. The SMILES string of the molecule is CC(C)c1cc(C(C)C)c(N=C=O)c(C(C)C)c1. The molecule has 0 spiro atoms. The van der Waals surface area contributed by atoms with Crippen molar-refractivity contribution in [1.29, 1.82) is 0 Å². The van der Waals surface area contributed by atoms with Crippen LogP contribution < -0.4 is 0 Å². The summed E-state index contributed by atoms with van der Waals surface area (Å²) in [7, 11) is 0. The Bertz CT molecular complexity index is 437. The van der Waals surface area contributed by atoms with E-state index in [1.165, 1.54) is 5.56 Å². The van der Waals surface area contributed by atoms with E-state index in [2.05, 4.69) is 58.7 Å². The van der Waals surface area contributed by atoms with Gasteiger partial charge in [0.2, 0.25) is 6.08 Å². The van der Waals surface area contributed by atoms with Crippen LogP contribution in [0.3, 0.4) is 0 Å². The number of hydrogen-bond acceptors (Lipinski definition) is 2. The average Bonchev–Trinajstić information content (AvgIpc) is 2.28. The molecule has 1 rings (SSSR count). The Labute approximate surface area is 110 Å². The van der Waals surface area contributed by atoms with E-state index < -0.39 is 0 Å². The molecule has 98 valence electrons. The molecule has 0 saturated carbocycles. The first-order valence-electron chi connectivity index (χ1n) is 6.64. The standard InChI is InChI=1S/C16H23NO/c1-10(2)13-7-14(11(3)4)16(17-9-18)15(8-13)12(5)6/h7-8,10-12H,1-6H3. The fourth-order valence-corrected chi connectivity index (χ4v) is 2.09. The Morgan fingerprint density at radius 2 is 1.33 bits per heavy atom. The van der Waals surface area contributed by atoms with E-state index in [0.29, 0.717) is 17.8 Å². The third-order valence-corrected chi connectivity index (χ3v) is 3.26. The summed E-state index contributed by atoms with van der Waals surface area (Å²) in [6, 6.07) is 4.36. The zero-order valence-electron chi connectivity index (χ0n) is 12.2. The number of aliphatic imine (C=N–C) groups is 1. The molecule has 0 aliphatic rings. The molecule has 0 saturated heterocycles. The van der Waals surface area contributed by atoms with E-state index in [-0.39, 0.29) is 0 Å². The maximum absolute atomic E-state index is 10.7. The Morgan fingerprint density at radius 3 is 1.61 bits per heavy atom. The summed E-state index contributed by atoms with van der Waals surface area (Å²) in [5, 5.41) is 0. The fourth-order valence-electron chi connectivity index (χ4n) is 2.09. The summed E-state index contributed by atoms with van der Waals surface area (Å²) in [6.07, 6.45) is 1.70. The van der Waals surface area contributed by atoms with Crippen molar-refractivity contribution in [3.63, 3.8) is 0 Å². The molecule has 0 amide bonds. The van der Waals surface area contributed by atoms with E-state index in [4.69, 9.17) is 0 Å². The molecule has 0 bridgehead atoms. The number of hydrogen-bond donors (Lipinski definition) is 0. The molecule has 0 fully saturated rings. The summed E-state index contributed by atoms with van der Waals surface area (Å²) in [4.78, 5) is 14.6. The predicted molar refractivity (Wildman–Crippen MR) is 76.5 cm³/mol. The molecule has 2 heteroatoms. The number of isocyanates is 1. The topological polar surface area (TPSA) is 29.4 Å². The zero-order chi connectivity index (χ0) is 13.9. The van der Waals surface area contributed by atoms with E-state index in [1.807, 2.05) is 0 Å². The van der Waals surface area contributed by atoms with Crippen LogP contribution in [-0.2, 0) is 4.79 Å². The number of benzene rings is 1. The minimum atomic E-state index is 0.355. The van der Waals surface area contributed by atoms with Crippen LogP contribution >= 0.6 is 0 Å². The van der Waals surface area contributed by atoms with Gasteiger partial charge in [-0.3, -0.25) is 0 Å². The molecular weight excluding hydrogens is 222 g/mol. The number of carbonyl (C=O) groups excluding carboxylic acids is 1. The highest BCUT2D eigenvalue weighted by Crippen LogP contribution is 2.37. The third kappa shape index (κ3) is 3.08. The van der Waals surface area contributed by atoms with Crippen LogP contribution in [0.15, 0.2) is 17.1 Å². The summed E-state index contributed by atoms with van der Waals surface area (Å²) in [6.45, 7) is 12.9. The van der Waals surface area contributed by atoms with Crippen molar-refractivity contribution in [3.8, 4) is 0 Å². The summed E-state index contributed by atoms with van der Waals surface area (Å²) in [5.74, 6) is 1.19. The van der Waals surface area contributed by atoms with E-state index in [9.17, 15) is 4.79 Å². The molecule has 0 atom stereocenters. The molecule has 0 aliphatic carbocycles. The monoisotopic (exact) mass is 245 g/mol. The highest BCUT2D eigenvalue weighted by atomic mass is 16.1. The molecule has 0 aliphatic heterocycles. The molecule has 0 N–H and O–H groups in total. The van der Waals surface area contributed by atoms with Crippen LogP contribution in [0.1, 0.15) is 76.0 Å². The molecule has 2 nitrogen and oxygen atoms in total. The van der Waals surface area contributed by atoms with Gasteiger partial charge in [0.25, 0.3) is 0 Å². The van der Waals surface area contributed by atoms with Gasteiger partial charge in [0.1, 0.15) is 0 Å². The normalized spacial score (nSPS) is 11.2. The lowest BCUT2D eigenvalue weighted by Gasteiger charge is -2.19. The molecule has 0 unspecified atom stereocenters. The fraction of sp³-hybridized carbons (Fsp3) is 0.562. The van der Waals surface area contributed by atoms with Gasteiger partial charge < -0.3 is 0 Å². The van der Waals surface area contributed by atoms with Gasteiger partial charge in [-0.1, -0.05) is 53.7 Å². The van der Waals surface area contributed by atoms with Gasteiger partial charge in [0.15, 0.2) is 0 Å². The number of rotatable bonds is 4. The van der Waals surface area contributed by atoms with Crippen molar-refractivity contribution in [2.24, 2.45) is 4.99 Å². The van der Waals surface area contributed by atoms with Gasteiger partial charge in [0, 0.05) is 0 Å². The second kappa shape index (κ2) is 5.97. The van der Waals surface area contributed by atoms with Gasteiger partial charge in [-0.25, -0.2) is 4.79 Å². The van der Waals surface area contributed by atoms with Crippen LogP contribution in [0, 0.1) is 0 Å². The quantitative estimate of drug-likeness (QED) is 0.540. The molecule has 0 aromatic heterocycles. The summed E-state index contributed by atoms with van der Waals surface area (Å²) in [5.41, 5.74) is 4.42. The largest absolute Gasteiger partial charge is 0.240 e. The number of nitrogens with zero attached hydrogens (tertiary/aromatic N) is 1. The Kier molecular flexibility index (Phi) is 4.86. The third-order valence-electron chi connectivity index (χ3n) is 3.26. The average molecular weight is 245 g/mol. The van der Waals surface area contributed by atoms with Crippen LogP contribution in [-0.4, -0.2) is 6.08 Å². The molecule has 1 aromatic carbocycles. The molecule has 18 heavy (non-hydrogen) atoms. The highest BCUT2D eigenvalue weighted by Gasteiger charge is 2.16. The van der Waals surface area contributed by atoms with Crippen LogP contribution in [0.4, 0.5) is 5.69 Å². The molecule has 0 heterocycles. The second-order valence-corrected chi connectivity index (χ2v) is 5.72. The second-order valence-electron chi connectivity index (χ2n) is 5.72. The van der Waals surface area contributed by atoms with Gasteiger partial charge >= 0.3 is 0 Å². The van der Waals surface area contributed by atoms with E-state index in [0.717, 1.165) is 16.8 Å². The van der Waals surface area contributed by atoms with E-state index in [1.54, 1.807) is 6.08 Å². The minimum Gasteiger partial charge on any atom is -0.211 e.